The smallest absolute Gasteiger partial charge is 0.0266 e. The fourth-order valence-electron chi connectivity index (χ4n) is 6.73. The minimum Gasteiger partial charge on any atom is -0.0654 e. The Balaban J connectivity index is 1.99. The van der Waals surface area contributed by atoms with Gasteiger partial charge >= 0.3 is 0 Å². The van der Waals surface area contributed by atoms with Crippen LogP contribution >= 0.6 is 0 Å². The molecule has 0 heterocycles. The molecule has 2 atom stereocenters. The van der Waals surface area contributed by atoms with Crippen LogP contribution in [0.4, 0.5) is 0 Å². The maximum atomic E-state index is 2.58. The lowest BCUT2D eigenvalue weighted by Gasteiger charge is -2.44. The van der Waals surface area contributed by atoms with E-state index in [1.165, 1.54) is 99.3 Å². The Labute approximate surface area is 205 Å². The first-order valence-electron chi connectivity index (χ1n) is 14.2. The molecule has 0 N–H and O–H groups in total. The lowest BCUT2D eigenvalue weighted by molar-refractivity contribution is 0.216. The van der Waals surface area contributed by atoms with Crippen molar-refractivity contribution >= 4 is 0 Å². The number of benzene rings is 2. The third kappa shape index (κ3) is 5.58. The van der Waals surface area contributed by atoms with E-state index in [9.17, 15) is 0 Å². The van der Waals surface area contributed by atoms with Crippen molar-refractivity contribution in [2.45, 2.75) is 124 Å². The average Bonchev–Trinajstić information content (AvgIpc) is 3.08. The van der Waals surface area contributed by atoms with Gasteiger partial charge in [0.05, 0.1) is 0 Å². The van der Waals surface area contributed by atoms with E-state index in [4.69, 9.17) is 0 Å². The maximum Gasteiger partial charge on any atom is 0.0266 e. The molecule has 0 aromatic heterocycles. The van der Waals surface area contributed by atoms with Gasteiger partial charge in [0.2, 0.25) is 0 Å². The first kappa shape index (κ1) is 26.1. The Bertz CT molecular complexity index is 800. The SMILES string of the molecule is CCCCCCCC(C)C1(C(C)CCCCCCC)c2cc(C)ccc2-c2ccc(C)cc21. The van der Waals surface area contributed by atoms with Gasteiger partial charge in [-0.3, -0.25) is 0 Å². The lowest BCUT2D eigenvalue weighted by Crippen LogP contribution is -2.40. The summed E-state index contributed by atoms with van der Waals surface area (Å²) >= 11 is 0. The summed E-state index contributed by atoms with van der Waals surface area (Å²) in [4.78, 5) is 0. The van der Waals surface area contributed by atoms with E-state index in [1.54, 1.807) is 11.1 Å². The fraction of sp³-hybridized carbons (Fsp3) is 0.636. The highest BCUT2D eigenvalue weighted by molar-refractivity contribution is 5.82. The van der Waals surface area contributed by atoms with Crippen molar-refractivity contribution in [2.75, 3.05) is 0 Å². The molecule has 3 rings (SSSR count). The molecule has 0 spiro atoms. The van der Waals surface area contributed by atoms with Crippen molar-refractivity contribution in [3.8, 4) is 11.1 Å². The first-order chi connectivity index (χ1) is 16.0. The monoisotopic (exact) mass is 446 g/mol. The van der Waals surface area contributed by atoms with Gasteiger partial charge in [-0.25, -0.2) is 0 Å². The average molecular weight is 447 g/mol. The van der Waals surface area contributed by atoms with Crippen molar-refractivity contribution in [2.24, 2.45) is 11.8 Å². The molecular weight excluding hydrogens is 396 g/mol. The Kier molecular flexibility index (Phi) is 9.66. The van der Waals surface area contributed by atoms with Crippen LogP contribution < -0.4 is 0 Å². The number of rotatable bonds is 14. The number of hydrogen-bond donors (Lipinski definition) is 0. The van der Waals surface area contributed by atoms with E-state index in [0.717, 1.165) is 0 Å². The molecule has 0 fully saturated rings. The molecule has 0 aliphatic heterocycles. The molecule has 0 saturated heterocycles. The summed E-state index contributed by atoms with van der Waals surface area (Å²) in [6.45, 7) is 14.4. The van der Waals surface area contributed by atoms with E-state index in [1.807, 2.05) is 0 Å². The number of hydrogen-bond acceptors (Lipinski definition) is 0. The summed E-state index contributed by atoms with van der Waals surface area (Å²) in [6, 6.07) is 14.6. The van der Waals surface area contributed by atoms with Gasteiger partial charge in [0.15, 0.2) is 0 Å². The quantitative estimate of drug-likeness (QED) is 0.253. The van der Waals surface area contributed by atoms with Crippen LogP contribution in [-0.4, -0.2) is 0 Å². The summed E-state index contributed by atoms with van der Waals surface area (Å²) in [5.74, 6) is 1.32. The molecule has 33 heavy (non-hydrogen) atoms. The normalized spacial score (nSPS) is 15.8. The van der Waals surface area contributed by atoms with Gasteiger partial charge in [-0.1, -0.05) is 139 Å². The van der Waals surface area contributed by atoms with E-state index in [0.29, 0.717) is 11.8 Å². The van der Waals surface area contributed by atoms with Gasteiger partial charge < -0.3 is 0 Å². The second-order valence-corrected chi connectivity index (χ2v) is 11.2. The van der Waals surface area contributed by atoms with Gasteiger partial charge in [0, 0.05) is 5.41 Å². The van der Waals surface area contributed by atoms with Crippen molar-refractivity contribution in [1.29, 1.82) is 0 Å². The summed E-state index contributed by atoms with van der Waals surface area (Å²) in [5.41, 5.74) is 9.24. The minimum atomic E-state index is 0.151. The van der Waals surface area contributed by atoms with E-state index < -0.39 is 0 Å². The second-order valence-electron chi connectivity index (χ2n) is 11.2. The molecule has 0 radical (unpaired) electrons. The van der Waals surface area contributed by atoms with Gasteiger partial charge in [-0.2, -0.15) is 0 Å². The largest absolute Gasteiger partial charge is 0.0654 e. The van der Waals surface area contributed by atoms with Crippen LogP contribution in [0.2, 0.25) is 0 Å². The molecule has 0 bridgehead atoms. The van der Waals surface area contributed by atoms with Crippen LogP contribution in [0, 0.1) is 25.7 Å². The molecule has 2 unspecified atom stereocenters. The van der Waals surface area contributed by atoms with Crippen LogP contribution in [0.1, 0.15) is 127 Å². The van der Waals surface area contributed by atoms with Crippen LogP contribution in [0.15, 0.2) is 36.4 Å². The molecule has 0 heteroatoms. The van der Waals surface area contributed by atoms with E-state index in [2.05, 4.69) is 77.9 Å². The minimum absolute atomic E-state index is 0.151. The van der Waals surface area contributed by atoms with Gasteiger partial charge in [0.1, 0.15) is 0 Å². The van der Waals surface area contributed by atoms with Crippen LogP contribution in [0.25, 0.3) is 11.1 Å². The fourth-order valence-corrected chi connectivity index (χ4v) is 6.73. The third-order valence-corrected chi connectivity index (χ3v) is 8.57. The molecule has 2 aromatic carbocycles. The van der Waals surface area contributed by atoms with Crippen LogP contribution in [0.3, 0.4) is 0 Å². The van der Waals surface area contributed by atoms with E-state index in [-0.39, 0.29) is 5.41 Å². The molecule has 0 nitrogen and oxygen atoms in total. The Morgan fingerprint density at radius 3 is 1.36 bits per heavy atom. The molecule has 0 amide bonds. The molecule has 1 aliphatic carbocycles. The Morgan fingerprint density at radius 1 is 0.576 bits per heavy atom. The standard InChI is InChI=1S/C33H50/c1-7-9-11-13-15-17-27(5)33(28(6)18-16-14-12-10-8-2)31-23-25(3)19-21-29(31)30-22-20-26(4)24-32(30)33/h19-24,27-28H,7-18H2,1-6H3. The predicted octanol–water partition coefficient (Wildman–Crippen LogP) is 10.6. The van der Waals surface area contributed by atoms with Crippen molar-refractivity contribution < 1.29 is 0 Å². The lowest BCUT2D eigenvalue weighted by atomic mass is 9.59. The Morgan fingerprint density at radius 2 is 0.970 bits per heavy atom. The summed E-state index contributed by atoms with van der Waals surface area (Å²) in [6.07, 6.45) is 16.4. The molecular formula is C33H50. The summed E-state index contributed by atoms with van der Waals surface area (Å²) in [7, 11) is 0. The van der Waals surface area contributed by atoms with Crippen molar-refractivity contribution in [3.05, 3.63) is 58.7 Å². The summed E-state index contributed by atoms with van der Waals surface area (Å²) < 4.78 is 0. The van der Waals surface area contributed by atoms with Crippen molar-refractivity contribution in [1.82, 2.24) is 0 Å². The van der Waals surface area contributed by atoms with Crippen LogP contribution in [0.5, 0.6) is 0 Å². The van der Waals surface area contributed by atoms with E-state index >= 15 is 0 Å². The third-order valence-electron chi connectivity index (χ3n) is 8.57. The molecule has 2 aromatic rings. The zero-order valence-corrected chi connectivity index (χ0v) is 22.6. The Hall–Kier alpha value is -1.56. The van der Waals surface area contributed by atoms with Gasteiger partial charge in [-0.15, -0.1) is 0 Å². The highest BCUT2D eigenvalue weighted by Crippen LogP contribution is 2.58. The highest BCUT2D eigenvalue weighted by atomic mass is 14.5. The molecule has 1 aliphatic rings. The molecule has 182 valence electrons. The predicted molar refractivity (Wildman–Crippen MR) is 147 cm³/mol. The van der Waals surface area contributed by atoms with Crippen molar-refractivity contribution in [3.63, 3.8) is 0 Å². The van der Waals surface area contributed by atoms with Gasteiger partial charge in [-0.05, 0) is 60.8 Å². The van der Waals surface area contributed by atoms with Crippen LogP contribution in [-0.2, 0) is 5.41 Å². The molecule has 0 saturated carbocycles. The number of fused-ring (bicyclic) bond motifs is 3. The number of aryl methyl sites for hydroxylation is 2. The summed E-state index contributed by atoms with van der Waals surface area (Å²) in [5, 5.41) is 0. The first-order valence-corrected chi connectivity index (χ1v) is 14.2. The van der Waals surface area contributed by atoms with Gasteiger partial charge in [0.25, 0.3) is 0 Å². The number of unbranched alkanes of at least 4 members (excludes halogenated alkanes) is 8. The topological polar surface area (TPSA) is 0 Å². The zero-order valence-electron chi connectivity index (χ0n) is 22.6. The maximum absolute atomic E-state index is 2.58. The second kappa shape index (κ2) is 12.2. The zero-order chi connectivity index (χ0) is 23.8. The highest BCUT2D eigenvalue weighted by Gasteiger charge is 2.49.